The lowest BCUT2D eigenvalue weighted by molar-refractivity contribution is -0.0246. The van der Waals surface area contributed by atoms with Crippen molar-refractivity contribution in [2.24, 2.45) is 0 Å². The molecule has 0 aliphatic carbocycles. The van der Waals surface area contributed by atoms with Gasteiger partial charge in [0.25, 0.3) is 5.91 Å². The Bertz CT molecular complexity index is 902. The number of fused-ring (bicyclic) bond motifs is 1. The molecule has 1 aliphatic heterocycles. The van der Waals surface area contributed by atoms with Crippen molar-refractivity contribution in [1.29, 1.82) is 0 Å². The number of hydrogen-bond acceptors (Lipinski definition) is 5. The van der Waals surface area contributed by atoms with Crippen molar-refractivity contribution in [3.05, 3.63) is 47.6 Å². The first kappa shape index (κ1) is 16.8. The number of H-pyrrole nitrogens is 1. The molecule has 0 aromatic carbocycles. The van der Waals surface area contributed by atoms with Gasteiger partial charge in [-0.15, -0.1) is 0 Å². The van der Waals surface area contributed by atoms with Crippen molar-refractivity contribution in [2.45, 2.75) is 38.2 Å². The molecular weight excluding hydrogens is 332 g/mol. The third-order valence-corrected chi connectivity index (χ3v) is 5.10. The second-order valence-corrected chi connectivity index (χ2v) is 7.21. The molecule has 0 radical (unpaired) electrons. The highest BCUT2D eigenvalue weighted by molar-refractivity contribution is 5.91. The van der Waals surface area contributed by atoms with Crippen LogP contribution in [-0.4, -0.2) is 44.1 Å². The van der Waals surface area contributed by atoms with Crippen molar-refractivity contribution in [1.82, 2.24) is 20.0 Å². The minimum absolute atomic E-state index is 0.176. The van der Waals surface area contributed by atoms with Gasteiger partial charge >= 0.3 is 0 Å². The topological polar surface area (TPSA) is 95.2 Å². The number of piperidine rings is 1. The molecule has 0 saturated carbocycles. The molecular formula is C19H22N4O3. The lowest BCUT2D eigenvalue weighted by Crippen LogP contribution is -2.45. The number of carbonyl (C=O) groups excluding carboxylic acids is 1. The predicted molar refractivity (Wildman–Crippen MR) is 95.7 cm³/mol. The van der Waals surface area contributed by atoms with Crippen LogP contribution in [0.3, 0.4) is 0 Å². The van der Waals surface area contributed by atoms with E-state index < -0.39 is 5.60 Å². The fourth-order valence-electron chi connectivity index (χ4n) is 3.37. The molecule has 7 nitrogen and oxygen atoms in total. The van der Waals surface area contributed by atoms with Crippen LogP contribution in [0.25, 0.3) is 11.0 Å². The SMILES string of the molecule is CC(C)c1cc(C(=O)N2CCC(O)(c3cc4ncccc4[nH]3)CC2)on1. The quantitative estimate of drug-likeness (QED) is 0.754. The normalized spacial score (nSPS) is 17.2. The number of nitrogens with one attached hydrogen (secondary N) is 1. The molecule has 4 heterocycles. The molecule has 0 unspecified atom stereocenters. The molecule has 1 aliphatic rings. The van der Waals surface area contributed by atoms with Crippen molar-refractivity contribution in [3.63, 3.8) is 0 Å². The Hall–Kier alpha value is -2.67. The first-order chi connectivity index (χ1) is 12.5. The maximum absolute atomic E-state index is 12.6. The van der Waals surface area contributed by atoms with Gasteiger partial charge in [-0.25, -0.2) is 0 Å². The Morgan fingerprint density at radius 1 is 1.35 bits per heavy atom. The Morgan fingerprint density at radius 3 is 2.77 bits per heavy atom. The summed E-state index contributed by atoms with van der Waals surface area (Å²) >= 11 is 0. The maximum atomic E-state index is 12.6. The van der Waals surface area contributed by atoms with Crippen LogP contribution < -0.4 is 0 Å². The summed E-state index contributed by atoms with van der Waals surface area (Å²) < 4.78 is 5.20. The van der Waals surface area contributed by atoms with E-state index in [2.05, 4.69) is 15.1 Å². The van der Waals surface area contributed by atoms with Gasteiger partial charge in [-0.1, -0.05) is 19.0 Å². The molecule has 3 aromatic heterocycles. The summed E-state index contributed by atoms with van der Waals surface area (Å²) in [5, 5.41) is 15.0. The summed E-state index contributed by atoms with van der Waals surface area (Å²) in [4.78, 5) is 21.9. The van der Waals surface area contributed by atoms with E-state index in [1.807, 2.05) is 32.0 Å². The smallest absolute Gasteiger partial charge is 0.292 e. The second kappa shape index (κ2) is 6.25. The Labute approximate surface area is 151 Å². The zero-order valence-electron chi connectivity index (χ0n) is 14.9. The van der Waals surface area contributed by atoms with Crippen molar-refractivity contribution >= 4 is 16.9 Å². The number of aliphatic hydroxyl groups is 1. The van der Waals surface area contributed by atoms with Gasteiger partial charge in [-0.3, -0.25) is 9.78 Å². The van der Waals surface area contributed by atoms with E-state index in [1.165, 1.54) is 0 Å². The lowest BCUT2D eigenvalue weighted by atomic mass is 9.88. The number of pyridine rings is 1. The van der Waals surface area contributed by atoms with Crippen molar-refractivity contribution in [2.75, 3.05) is 13.1 Å². The molecule has 0 bridgehead atoms. The van der Waals surface area contributed by atoms with Gasteiger partial charge in [0, 0.05) is 31.0 Å². The number of aromatic amines is 1. The summed E-state index contributed by atoms with van der Waals surface area (Å²) in [7, 11) is 0. The van der Waals surface area contributed by atoms with Crippen LogP contribution in [0.1, 0.15) is 54.5 Å². The van der Waals surface area contributed by atoms with E-state index in [4.69, 9.17) is 4.52 Å². The van der Waals surface area contributed by atoms with Gasteiger partial charge in [0.05, 0.1) is 16.7 Å². The van der Waals surface area contributed by atoms with Gasteiger partial charge in [0.15, 0.2) is 0 Å². The number of carbonyl (C=O) groups is 1. The van der Waals surface area contributed by atoms with Gasteiger partial charge in [0.2, 0.25) is 5.76 Å². The first-order valence-corrected chi connectivity index (χ1v) is 8.89. The molecule has 1 saturated heterocycles. The highest BCUT2D eigenvalue weighted by Gasteiger charge is 2.37. The van der Waals surface area contributed by atoms with Crippen LogP contribution in [0.4, 0.5) is 0 Å². The number of nitrogens with zero attached hydrogens (tertiary/aromatic N) is 3. The molecule has 0 spiro atoms. The molecule has 1 amide bonds. The third-order valence-electron chi connectivity index (χ3n) is 5.10. The lowest BCUT2D eigenvalue weighted by Gasteiger charge is -2.37. The summed E-state index contributed by atoms with van der Waals surface area (Å²) in [5.74, 6) is 0.293. The molecule has 1 fully saturated rings. The Morgan fingerprint density at radius 2 is 2.12 bits per heavy atom. The molecule has 7 heteroatoms. The fraction of sp³-hybridized carbons (Fsp3) is 0.421. The number of hydrogen-bond donors (Lipinski definition) is 2. The minimum atomic E-state index is -0.984. The van der Waals surface area contributed by atoms with Crippen LogP contribution in [0, 0.1) is 0 Å². The van der Waals surface area contributed by atoms with Crippen LogP contribution in [0.15, 0.2) is 35.0 Å². The largest absolute Gasteiger partial charge is 0.384 e. The summed E-state index contributed by atoms with van der Waals surface area (Å²) in [6.07, 6.45) is 2.64. The summed E-state index contributed by atoms with van der Waals surface area (Å²) in [6, 6.07) is 7.39. The number of amides is 1. The van der Waals surface area contributed by atoms with Gasteiger partial charge in [0.1, 0.15) is 5.60 Å². The standard InChI is InChI=1S/C19H22N4O3/c1-12(2)14-10-16(26-22-14)18(24)23-8-5-19(25,6-9-23)17-11-15-13(21-17)4-3-7-20-15/h3-4,7,10-12,21,25H,5-6,8-9H2,1-2H3. The van der Waals surface area contributed by atoms with Crippen LogP contribution in [0.5, 0.6) is 0 Å². The predicted octanol–water partition coefficient (Wildman–Crippen LogP) is 2.80. The van der Waals surface area contributed by atoms with E-state index in [9.17, 15) is 9.90 Å². The Balaban J connectivity index is 1.48. The average Bonchev–Trinajstić information content (AvgIpc) is 3.29. The number of likely N-dealkylation sites (tertiary alicyclic amines) is 1. The zero-order chi connectivity index (χ0) is 18.3. The number of aromatic nitrogens is 3. The van der Waals surface area contributed by atoms with E-state index in [1.54, 1.807) is 17.2 Å². The zero-order valence-corrected chi connectivity index (χ0v) is 14.9. The molecule has 136 valence electrons. The molecule has 4 rings (SSSR count). The maximum Gasteiger partial charge on any atom is 0.292 e. The third kappa shape index (κ3) is 2.88. The van der Waals surface area contributed by atoms with Crippen LogP contribution in [0.2, 0.25) is 0 Å². The van der Waals surface area contributed by atoms with Gasteiger partial charge in [-0.05, 0) is 37.0 Å². The highest BCUT2D eigenvalue weighted by atomic mass is 16.5. The van der Waals surface area contributed by atoms with Crippen molar-refractivity contribution < 1.29 is 14.4 Å². The highest BCUT2D eigenvalue weighted by Crippen LogP contribution is 2.34. The van der Waals surface area contributed by atoms with Gasteiger partial charge in [-0.2, -0.15) is 0 Å². The van der Waals surface area contributed by atoms with E-state index >= 15 is 0 Å². The minimum Gasteiger partial charge on any atom is -0.384 e. The monoisotopic (exact) mass is 354 g/mol. The van der Waals surface area contributed by atoms with Gasteiger partial charge < -0.3 is 19.5 Å². The summed E-state index contributed by atoms with van der Waals surface area (Å²) in [5.41, 5.74) is 2.27. The van der Waals surface area contributed by atoms with Crippen LogP contribution in [-0.2, 0) is 5.60 Å². The van der Waals surface area contributed by atoms with E-state index in [0.29, 0.717) is 25.9 Å². The van der Waals surface area contributed by atoms with E-state index in [0.717, 1.165) is 22.4 Å². The van der Waals surface area contributed by atoms with Crippen LogP contribution >= 0.6 is 0 Å². The average molecular weight is 354 g/mol. The Kier molecular flexibility index (Phi) is 4.03. The fourth-order valence-corrected chi connectivity index (χ4v) is 3.37. The second-order valence-electron chi connectivity index (χ2n) is 7.21. The molecule has 2 N–H and O–H groups in total. The molecule has 26 heavy (non-hydrogen) atoms. The molecule has 0 atom stereocenters. The molecule has 3 aromatic rings. The number of rotatable bonds is 3. The summed E-state index contributed by atoms with van der Waals surface area (Å²) in [6.45, 7) is 4.91. The van der Waals surface area contributed by atoms with Crippen molar-refractivity contribution in [3.8, 4) is 0 Å². The first-order valence-electron chi connectivity index (χ1n) is 8.89. The van der Waals surface area contributed by atoms with E-state index in [-0.39, 0.29) is 17.6 Å².